The van der Waals surface area contributed by atoms with Crippen LogP contribution in [0.3, 0.4) is 0 Å². The molecule has 0 aliphatic carbocycles. The van der Waals surface area contributed by atoms with Crippen molar-refractivity contribution >= 4 is 35.2 Å². The average molecular weight is 288 g/mol. The highest BCUT2D eigenvalue weighted by Crippen LogP contribution is 2.17. The second-order valence-electron chi connectivity index (χ2n) is 4.12. The Morgan fingerprint density at radius 3 is 2.80 bits per heavy atom. The van der Waals surface area contributed by atoms with Crippen molar-refractivity contribution in [3.05, 3.63) is 48.1 Å². The number of nitrogens with one attached hydrogen (secondary N) is 1. The number of thiocarbonyl (C=S) groups is 1. The molecule has 5 nitrogen and oxygen atoms in total. The largest absolute Gasteiger partial charge is 0.508 e. The number of hydrogen-bond acceptors (Lipinski definition) is 4. The molecular weight excluding hydrogens is 276 g/mol. The van der Waals surface area contributed by atoms with Crippen molar-refractivity contribution in [1.29, 1.82) is 0 Å². The third kappa shape index (κ3) is 2.75. The molecule has 0 aromatic heterocycles. The summed E-state index contributed by atoms with van der Waals surface area (Å²) in [5, 5.41) is 11.9. The Balaban J connectivity index is 2.38. The molecule has 0 bridgehead atoms. The minimum Gasteiger partial charge on any atom is -0.508 e. The van der Waals surface area contributed by atoms with Crippen molar-refractivity contribution in [2.75, 3.05) is 6.54 Å². The predicted molar refractivity (Wildman–Crippen MR) is 78.7 cm³/mol. The van der Waals surface area contributed by atoms with Crippen LogP contribution in [-0.2, 0) is 9.59 Å². The van der Waals surface area contributed by atoms with Gasteiger partial charge in [0.25, 0.3) is 11.8 Å². The molecule has 0 saturated carbocycles. The van der Waals surface area contributed by atoms with E-state index >= 15 is 0 Å². The van der Waals surface area contributed by atoms with Crippen LogP contribution < -0.4 is 5.32 Å². The molecule has 20 heavy (non-hydrogen) atoms. The van der Waals surface area contributed by atoms with Crippen LogP contribution in [0, 0.1) is 0 Å². The Morgan fingerprint density at radius 2 is 2.15 bits per heavy atom. The topological polar surface area (TPSA) is 69.6 Å². The van der Waals surface area contributed by atoms with Gasteiger partial charge < -0.3 is 5.11 Å². The molecule has 6 heteroatoms. The summed E-state index contributed by atoms with van der Waals surface area (Å²) in [4.78, 5) is 25.3. The summed E-state index contributed by atoms with van der Waals surface area (Å²) in [6.07, 6.45) is 2.93. The Bertz CT molecular complexity index is 637. The maximum atomic E-state index is 12.2. The maximum Gasteiger partial charge on any atom is 0.265 e. The summed E-state index contributed by atoms with van der Waals surface area (Å²) in [6, 6.07) is 6.26. The zero-order chi connectivity index (χ0) is 14.7. The summed E-state index contributed by atoms with van der Waals surface area (Å²) in [5.74, 6) is -0.980. The number of phenols is 1. The molecule has 1 aliphatic heterocycles. The number of aromatic hydroxyl groups is 1. The first-order valence-corrected chi connectivity index (χ1v) is 6.22. The van der Waals surface area contributed by atoms with Crippen LogP contribution in [0.15, 0.2) is 42.5 Å². The lowest BCUT2D eigenvalue weighted by molar-refractivity contribution is -0.128. The van der Waals surface area contributed by atoms with E-state index in [1.165, 1.54) is 29.2 Å². The first-order valence-electron chi connectivity index (χ1n) is 5.81. The Labute approximate surface area is 121 Å². The number of hydrogen-bond donors (Lipinski definition) is 2. The van der Waals surface area contributed by atoms with Crippen LogP contribution in [0.5, 0.6) is 5.75 Å². The molecule has 0 atom stereocenters. The Hall–Kier alpha value is -2.47. The van der Waals surface area contributed by atoms with Crippen LogP contribution in [0.1, 0.15) is 5.56 Å². The lowest BCUT2D eigenvalue weighted by Gasteiger charge is -2.27. The van der Waals surface area contributed by atoms with Crippen LogP contribution in [0.25, 0.3) is 6.08 Å². The molecule has 0 unspecified atom stereocenters. The van der Waals surface area contributed by atoms with E-state index in [4.69, 9.17) is 12.2 Å². The minimum atomic E-state index is -0.552. The maximum absolute atomic E-state index is 12.2. The summed E-state index contributed by atoms with van der Waals surface area (Å²) in [7, 11) is 0. The van der Waals surface area contributed by atoms with Gasteiger partial charge in [-0.1, -0.05) is 18.2 Å². The molecule has 2 N–H and O–H groups in total. The lowest BCUT2D eigenvalue weighted by atomic mass is 10.1. The standard InChI is InChI=1S/C14H12N2O3S/c1-2-6-16-13(19)11(12(18)15-14(16)20)8-9-4-3-5-10(17)7-9/h2-5,7-8,17H,1,6H2,(H,15,18,20). The zero-order valence-electron chi connectivity index (χ0n) is 10.5. The molecule has 1 aromatic rings. The van der Waals surface area contributed by atoms with E-state index in [2.05, 4.69) is 11.9 Å². The number of rotatable bonds is 3. The van der Waals surface area contributed by atoms with Crippen LogP contribution in [-0.4, -0.2) is 33.5 Å². The van der Waals surface area contributed by atoms with Crippen LogP contribution in [0.2, 0.25) is 0 Å². The highest BCUT2D eigenvalue weighted by atomic mass is 32.1. The Morgan fingerprint density at radius 1 is 1.40 bits per heavy atom. The van der Waals surface area contributed by atoms with Crippen molar-refractivity contribution in [1.82, 2.24) is 10.2 Å². The Kier molecular flexibility index (Phi) is 3.95. The van der Waals surface area contributed by atoms with Gasteiger partial charge in [0, 0.05) is 6.54 Å². The smallest absolute Gasteiger partial charge is 0.265 e. The second kappa shape index (κ2) is 5.66. The van der Waals surface area contributed by atoms with E-state index < -0.39 is 11.8 Å². The van der Waals surface area contributed by atoms with Crippen LogP contribution in [0.4, 0.5) is 0 Å². The van der Waals surface area contributed by atoms with Gasteiger partial charge in [-0.05, 0) is 36.0 Å². The van der Waals surface area contributed by atoms with Crippen molar-refractivity contribution in [3.63, 3.8) is 0 Å². The van der Waals surface area contributed by atoms with E-state index in [-0.39, 0.29) is 23.0 Å². The lowest BCUT2D eigenvalue weighted by Crippen LogP contribution is -2.53. The van der Waals surface area contributed by atoms with Gasteiger partial charge in [0.05, 0.1) is 0 Å². The third-order valence-corrected chi connectivity index (χ3v) is 3.00. The number of benzene rings is 1. The molecule has 1 aromatic carbocycles. The van der Waals surface area contributed by atoms with Gasteiger partial charge in [-0.15, -0.1) is 6.58 Å². The van der Waals surface area contributed by atoms with Crippen molar-refractivity contribution in [3.8, 4) is 5.75 Å². The number of nitrogens with zero attached hydrogens (tertiary/aromatic N) is 1. The number of phenolic OH excluding ortho intramolecular Hbond substituents is 1. The SMILES string of the molecule is C=CCN1C(=O)C(=Cc2cccc(O)c2)C(=O)NC1=S. The molecule has 1 aliphatic rings. The average Bonchev–Trinajstić information content (AvgIpc) is 2.39. The molecule has 2 rings (SSSR count). The first-order chi connectivity index (χ1) is 9.52. The van der Waals surface area contributed by atoms with E-state index in [1.807, 2.05) is 0 Å². The molecule has 102 valence electrons. The van der Waals surface area contributed by atoms with Crippen molar-refractivity contribution in [2.45, 2.75) is 0 Å². The monoisotopic (exact) mass is 288 g/mol. The minimum absolute atomic E-state index is 0.0361. The van der Waals surface area contributed by atoms with Crippen molar-refractivity contribution < 1.29 is 14.7 Å². The van der Waals surface area contributed by atoms with E-state index in [0.717, 1.165) is 0 Å². The summed E-state index contributed by atoms with van der Waals surface area (Å²) >= 11 is 4.94. The predicted octanol–water partition coefficient (Wildman–Crippen LogP) is 1.20. The fourth-order valence-electron chi connectivity index (χ4n) is 1.77. The molecule has 1 fully saturated rings. The highest BCUT2D eigenvalue weighted by Gasteiger charge is 2.32. The van der Waals surface area contributed by atoms with E-state index in [0.29, 0.717) is 5.56 Å². The fourth-order valence-corrected chi connectivity index (χ4v) is 2.02. The van der Waals surface area contributed by atoms with Gasteiger partial charge in [-0.3, -0.25) is 19.8 Å². The molecule has 1 heterocycles. The first kappa shape index (κ1) is 14.0. The van der Waals surface area contributed by atoms with Crippen molar-refractivity contribution in [2.24, 2.45) is 0 Å². The van der Waals surface area contributed by atoms with Gasteiger partial charge in [0.1, 0.15) is 11.3 Å². The molecule has 0 spiro atoms. The highest BCUT2D eigenvalue weighted by molar-refractivity contribution is 7.80. The fraction of sp³-hybridized carbons (Fsp3) is 0.0714. The van der Waals surface area contributed by atoms with Gasteiger partial charge >= 0.3 is 0 Å². The quantitative estimate of drug-likeness (QED) is 0.379. The third-order valence-electron chi connectivity index (χ3n) is 2.68. The molecule has 2 amide bonds. The second-order valence-corrected chi connectivity index (χ2v) is 4.50. The van der Waals surface area contributed by atoms with E-state index in [9.17, 15) is 14.7 Å². The van der Waals surface area contributed by atoms with Gasteiger partial charge in [0.15, 0.2) is 5.11 Å². The zero-order valence-corrected chi connectivity index (χ0v) is 11.3. The van der Waals surface area contributed by atoms with E-state index in [1.54, 1.807) is 12.1 Å². The number of amides is 2. The van der Waals surface area contributed by atoms with Crippen LogP contribution >= 0.6 is 12.2 Å². The number of carbonyl (C=O) groups excluding carboxylic acids is 2. The summed E-state index contributed by atoms with van der Waals surface area (Å²) in [6.45, 7) is 3.76. The molecule has 0 radical (unpaired) electrons. The van der Waals surface area contributed by atoms with Gasteiger partial charge in [-0.2, -0.15) is 0 Å². The number of carbonyl (C=O) groups is 2. The summed E-state index contributed by atoms with van der Waals surface area (Å²) < 4.78 is 0. The molecular formula is C14H12N2O3S. The van der Waals surface area contributed by atoms with Gasteiger partial charge in [0.2, 0.25) is 0 Å². The summed E-state index contributed by atoms with van der Waals surface area (Å²) in [5.41, 5.74) is 0.515. The normalized spacial score (nSPS) is 17.3. The van der Waals surface area contributed by atoms with Gasteiger partial charge in [-0.25, -0.2) is 0 Å². The molecule has 1 saturated heterocycles.